The number of rotatable bonds is 4. The van der Waals surface area contributed by atoms with Crippen LogP contribution < -0.4 is 15.5 Å². The van der Waals surface area contributed by atoms with Gasteiger partial charge in [0.25, 0.3) is 5.69 Å². The van der Waals surface area contributed by atoms with Gasteiger partial charge in [0.15, 0.2) is 0 Å². The van der Waals surface area contributed by atoms with Crippen molar-refractivity contribution in [2.75, 3.05) is 23.3 Å². The van der Waals surface area contributed by atoms with E-state index in [4.69, 9.17) is 0 Å². The fourth-order valence-corrected chi connectivity index (χ4v) is 3.25. The molecule has 2 aromatic carbocycles. The van der Waals surface area contributed by atoms with Crippen molar-refractivity contribution in [3.63, 3.8) is 0 Å². The van der Waals surface area contributed by atoms with Crippen molar-refractivity contribution in [1.82, 2.24) is 5.32 Å². The molecule has 0 saturated carbocycles. The third-order valence-electron chi connectivity index (χ3n) is 4.70. The summed E-state index contributed by atoms with van der Waals surface area (Å²) < 4.78 is 38.6. The number of nitrogens with one attached hydrogen (secondary N) is 2. The van der Waals surface area contributed by atoms with Crippen LogP contribution in [0.5, 0.6) is 0 Å². The topological polar surface area (TPSA) is 87.5 Å². The highest BCUT2D eigenvalue weighted by Crippen LogP contribution is 2.37. The van der Waals surface area contributed by atoms with Gasteiger partial charge in [0.1, 0.15) is 5.69 Å². The Hall–Kier alpha value is -3.30. The number of alkyl halides is 3. The van der Waals surface area contributed by atoms with E-state index in [1.165, 1.54) is 0 Å². The molecule has 154 valence electrons. The fourth-order valence-electron chi connectivity index (χ4n) is 3.25. The maximum absolute atomic E-state index is 12.9. The summed E-state index contributed by atoms with van der Waals surface area (Å²) in [5, 5.41) is 16.8. The second kappa shape index (κ2) is 8.38. The van der Waals surface area contributed by atoms with Crippen LogP contribution in [-0.4, -0.2) is 30.1 Å². The van der Waals surface area contributed by atoms with Gasteiger partial charge in [0.2, 0.25) is 0 Å². The molecule has 2 N–H and O–H groups in total. The van der Waals surface area contributed by atoms with Crippen LogP contribution in [0, 0.1) is 10.1 Å². The summed E-state index contributed by atoms with van der Waals surface area (Å²) in [5.74, 6) is 0. The van der Waals surface area contributed by atoms with E-state index in [1.807, 2.05) is 6.07 Å². The van der Waals surface area contributed by atoms with E-state index >= 15 is 0 Å². The largest absolute Gasteiger partial charge is 0.416 e. The number of hydrogen-bond acceptors (Lipinski definition) is 4. The van der Waals surface area contributed by atoms with Crippen LogP contribution in [0.2, 0.25) is 0 Å². The summed E-state index contributed by atoms with van der Waals surface area (Å²) in [6.07, 6.45) is -3.62. The lowest BCUT2D eigenvalue weighted by molar-refractivity contribution is -0.384. The van der Waals surface area contributed by atoms with Crippen molar-refractivity contribution in [1.29, 1.82) is 0 Å². The van der Waals surface area contributed by atoms with Gasteiger partial charge in [0.05, 0.1) is 10.5 Å². The monoisotopic (exact) mass is 408 g/mol. The number of anilines is 2. The van der Waals surface area contributed by atoms with E-state index in [-0.39, 0.29) is 17.8 Å². The number of amides is 2. The van der Waals surface area contributed by atoms with Gasteiger partial charge in [-0.05, 0) is 37.1 Å². The Morgan fingerprint density at radius 3 is 2.34 bits per heavy atom. The minimum Gasteiger partial charge on any atom is -0.366 e. The second-order valence-electron chi connectivity index (χ2n) is 6.68. The molecule has 2 aromatic rings. The Bertz CT molecular complexity index is 882. The molecule has 3 rings (SSSR count). The number of nitro benzene ring substituents is 1. The van der Waals surface area contributed by atoms with Crippen LogP contribution >= 0.6 is 0 Å². The molecule has 0 spiro atoms. The molecule has 2 amide bonds. The van der Waals surface area contributed by atoms with Gasteiger partial charge in [-0.1, -0.05) is 18.2 Å². The summed E-state index contributed by atoms with van der Waals surface area (Å²) in [4.78, 5) is 24.2. The van der Waals surface area contributed by atoms with Crippen molar-refractivity contribution in [3.8, 4) is 0 Å². The number of hydrogen-bond donors (Lipinski definition) is 2. The lowest BCUT2D eigenvalue weighted by atomic mass is 10.0. The number of halogens is 3. The number of nitrogens with zero attached hydrogens (tertiary/aromatic N) is 2. The van der Waals surface area contributed by atoms with Gasteiger partial charge in [0, 0.05) is 30.9 Å². The van der Waals surface area contributed by atoms with E-state index in [0.29, 0.717) is 37.7 Å². The van der Waals surface area contributed by atoms with Gasteiger partial charge in [-0.15, -0.1) is 0 Å². The summed E-state index contributed by atoms with van der Waals surface area (Å²) in [6.45, 7) is 0.755. The Kier molecular flexibility index (Phi) is 5.90. The molecule has 0 unspecified atom stereocenters. The van der Waals surface area contributed by atoms with Gasteiger partial charge in [-0.3, -0.25) is 10.1 Å². The zero-order chi connectivity index (χ0) is 21.0. The van der Waals surface area contributed by atoms with E-state index in [1.54, 1.807) is 29.2 Å². The van der Waals surface area contributed by atoms with Crippen LogP contribution in [0.15, 0.2) is 48.5 Å². The molecule has 0 aliphatic carbocycles. The quantitative estimate of drug-likeness (QED) is 0.580. The van der Waals surface area contributed by atoms with Gasteiger partial charge in [-0.25, -0.2) is 4.79 Å². The molecule has 1 aliphatic heterocycles. The normalized spacial score (nSPS) is 15.1. The molecular formula is C19H19F3N4O3. The smallest absolute Gasteiger partial charge is 0.366 e. The average Bonchev–Trinajstić information content (AvgIpc) is 2.68. The zero-order valence-electron chi connectivity index (χ0n) is 15.3. The summed E-state index contributed by atoms with van der Waals surface area (Å²) in [5.41, 5.74) is -0.826. The first-order valence-corrected chi connectivity index (χ1v) is 8.97. The standard InChI is InChI=1S/C19H19F3N4O3/c20-19(21,22)13-6-7-16(17(12-13)26(28)29)25-10-8-15(9-11-25)24-18(27)23-14-4-2-1-3-5-14/h1-7,12,15H,8-11H2,(H2,23,24,27). The van der Waals surface area contributed by atoms with Gasteiger partial charge >= 0.3 is 12.2 Å². The Morgan fingerprint density at radius 1 is 1.10 bits per heavy atom. The summed E-state index contributed by atoms with van der Waals surface area (Å²) in [7, 11) is 0. The minimum atomic E-state index is -4.65. The number of nitro groups is 1. The summed E-state index contributed by atoms with van der Waals surface area (Å²) in [6, 6.07) is 11.0. The summed E-state index contributed by atoms with van der Waals surface area (Å²) >= 11 is 0. The first-order chi connectivity index (χ1) is 13.7. The molecule has 0 bridgehead atoms. The fraction of sp³-hybridized carbons (Fsp3) is 0.316. The molecule has 1 aliphatic rings. The molecule has 7 nitrogen and oxygen atoms in total. The predicted octanol–water partition coefficient (Wildman–Crippen LogP) is 4.40. The highest BCUT2D eigenvalue weighted by Gasteiger charge is 2.34. The molecule has 1 heterocycles. The third kappa shape index (κ3) is 5.15. The van der Waals surface area contributed by atoms with Crippen LogP contribution in [0.3, 0.4) is 0 Å². The van der Waals surface area contributed by atoms with Crippen LogP contribution in [0.25, 0.3) is 0 Å². The highest BCUT2D eigenvalue weighted by molar-refractivity contribution is 5.89. The molecule has 0 radical (unpaired) electrons. The molecule has 0 aromatic heterocycles. The number of para-hydroxylation sites is 1. The van der Waals surface area contributed by atoms with E-state index < -0.39 is 22.4 Å². The second-order valence-corrected chi connectivity index (χ2v) is 6.68. The van der Waals surface area contributed by atoms with Crippen LogP contribution in [0.4, 0.5) is 35.0 Å². The number of benzene rings is 2. The van der Waals surface area contributed by atoms with Crippen molar-refractivity contribution in [2.24, 2.45) is 0 Å². The maximum Gasteiger partial charge on any atom is 0.416 e. The molecule has 29 heavy (non-hydrogen) atoms. The number of carbonyl (C=O) groups is 1. The molecule has 1 saturated heterocycles. The zero-order valence-corrected chi connectivity index (χ0v) is 15.3. The van der Waals surface area contributed by atoms with Crippen LogP contribution in [-0.2, 0) is 6.18 Å². The first-order valence-electron chi connectivity index (χ1n) is 8.97. The SMILES string of the molecule is O=C(Nc1ccccc1)NC1CCN(c2ccc(C(F)(F)F)cc2[N+](=O)[O-])CC1. The number of piperidine rings is 1. The molecule has 10 heteroatoms. The van der Waals surface area contributed by atoms with Crippen LogP contribution in [0.1, 0.15) is 18.4 Å². The predicted molar refractivity (Wildman–Crippen MR) is 102 cm³/mol. The van der Waals surface area contributed by atoms with Crippen molar-refractivity contribution >= 4 is 23.1 Å². The van der Waals surface area contributed by atoms with E-state index in [2.05, 4.69) is 10.6 Å². The average molecular weight is 408 g/mol. The lowest BCUT2D eigenvalue weighted by Gasteiger charge is -2.33. The molecule has 1 fully saturated rings. The maximum atomic E-state index is 12.9. The van der Waals surface area contributed by atoms with E-state index in [0.717, 1.165) is 12.1 Å². The lowest BCUT2D eigenvalue weighted by Crippen LogP contribution is -2.46. The highest BCUT2D eigenvalue weighted by atomic mass is 19.4. The Labute approximate surface area is 164 Å². The number of carbonyl (C=O) groups excluding carboxylic acids is 1. The molecular weight excluding hydrogens is 389 g/mol. The van der Waals surface area contributed by atoms with Crippen molar-refractivity contribution < 1.29 is 22.9 Å². The Balaban J connectivity index is 1.62. The van der Waals surface area contributed by atoms with Crippen molar-refractivity contribution in [2.45, 2.75) is 25.1 Å². The van der Waals surface area contributed by atoms with E-state index in [9.17, 15) is 28.1 Å². The minimum absolute atomic E-state index is 0.136. The van der Waals surface area contributed by atoms with Gasteiger partial charge < -0.3 is 15.5 Å². The van der Waals surface area contributed by atoms with Crippen molar-refractivity contribution in [3.05, 3.63) is 64.2 Å². The Morgan fingerprint density at radius 2 is 1.76 bits per heavy atom. The molecule has 0 atom stereocenters. The number of urea groups is 1. The third-order valence-corrected chi connectivity index (χ3v) is 4.70. The first kappa shape index (κ1) is 20.4. The van der Waals surface area contributed by atoms with Gasteiger partial charge in [-0.2, -0.15) is 13.2 Å².